The summed E-state index contributed by atoms with van der Waals surface area (Å²) < 4.78 is 10.9. The Morgan fingerprint density at radius 3 is 2.82 bits per heavy atom. The zero-order valence-corrected chi connectivity index (χ0v) is 16.3. The first-order chi connectivity index (χ1) is 13.4. The number of carboxylic acid groups (broad SMARTS) is 1. The first-order valence-corrected chi connectivity index (χ1v) is 9.52. The summed E-state index contributed by atoms with van der Waals surface area (Å²) in [4.78, 5) is 29.6. The number of carbonyl (C=O) groups excluding carboxylic acids is 1. The maximum Gasteiger partial charge on any atom is 0.326 e. The number of nitrogens with zero attached hydrogens (tertiary/aromatic N) is 2. The zero-order valence-electron chi connectivity index (χ0n) is 14.6. The van der Waals surface area contributed by atoms with Gasteiger partial charge in [-0.25, -0.2) is 4.79 Å². The van der Waals surface area contributed by atoms with Gasteiger partial charge in [0, 0.05) is 11.8 Å². The molecule has 0 bridgehead atoms. The summed E-state index contributed by atoms with van der Waals surface area (Å²) in [5, 5.41) is 9.14. The summed E-state index contributed by atoms with van der Waals surface area (Å²) in [5.74, 6) is -0.130. The number of thioether (sulfide) groups is 1. The van der Waals surface area contributed by atoms with Gasteiger partial charge in [0.05, 0.1) is 10.6 Å². The standard InChI is InChI=1S/C19H14N2O5S2/c1-10(18(23)24)21-17(22)16(28-19(21)27)6-11-2-4-13(20-8-11)12-3-5-14-15(7-12)26-9-25-14/h2-8,10H,9H2,1H3,(H,23,24)/b16-6-/t10-/m0/s1. The van der Waals surface area contributed by atoms with Crippen LogP contribution in [0.1, 0.15) is 12.5 Å². The molecular formula is C19H14N2O5S2. The Hall–Kier alpha value is -2.91. The van der Waals surface area contributed by atoms with Crippen molar-refractivity contribution in [3.8, 4) is 22.8 Å². The second-order valence-corrected chi connectivity index (χ2v) is 7.79. The maximum absolute atomic E-state index is 12.5. The van der Waals surface area contributed by atoms with E-state index in [-0.39, 0.29) is 11.1 Å². The van der Waals surface area contributed by atoms with E-state index in [1.807, 2.05) is 30.3 Å². The van der Waals surface area contributed by atoms with E-state index in [9.17, 15) is 9.59 Å². The molecule has 2 aliphatic heterocycles. The molecule has 2 aliphatic rings. The van der Waals surface area contributed by atoms with E-state index in [2.05, 4.69) is 4.98 Å². The van der Waals surface area contributed by atoms with Crippen molar-refractivity contribution >= 4 is 46.3 Å². The first kappa shape index (κ1) is 18.5. The SMILES string of the molecule is C[C@@H](C(=O)O)N1C(=O)/C(=C/c2ccc(-c3ccc4c(c3)OCO4)nc2)SC1=S. The molecule has 1 fully saturated rings. The van der Waals surface area contributed by atoms with E-state index < -0.39 is 17.9 Å². The first-order valence-electron chi connectivity index (χ1n) is 8.30. The molecule has 0 radical (unpaired) electrons. The molecule has 1 N–H and O–H groups in total. The lowest BCUT2D eigenvalue weighted by Crippen LogP contribution is -2.41. The van der Waals surface area contributed by atoms with Gasteiger partial charge in [0.25, 0.3) is 5.91 Å². The minimum absolute atomic E-state index is 0.212. The Balaban J connectivity index is 1.55. The van der Waals surface area contributed by atoms with Crippen LogP contribution in [0.5, 0.6) is 11.5 Å². The van der Waals surface area contributed by atoms with Crippen LogP contribution in [-0.2, 0) is 9.59 Å². The van der Waals surface area contributed by atoms with Gasteiger partial charge < -0.3 is 14.6 Å². The molecule has 9 heteroatoms. The molecular weight excluding hydrogens is 400 g/mol. The molecule has 4 rings (SSSR count). The number of ether oxygens (including phenoxy) is 2. The molecule has 1 aromatic carbocycles. The summed E-state index contributed by atoms with van der Waals surface area (Å²) >= 11 is 6.24. The molecule has 142 valence electrons. The normalized spacial score (nSPS) is 18.0. The average molecular weight is 414 g/mol. The predicted octanol–water partition coefficient (Wildman–Crippen LogP) is 3.15. The maximum atomic E-state index is 12.5. The van der Waals surface area contributed by atoms with Crippen LogP contribution in [-0.4, -0.2) is 44.0 Å². The van der Waals surface area contributed by atoms with Crippen LogP contribution in [0.3, 0.4) is 0 Å². The van der Waals surface area contributed by atoms with Crippen molar-refractivity contribution in [1.82, 2.24) is 9.88 Å². The van der Waals surface area contributed by atoms with Gasteiger partial charge in [0.2, 0.25) is 6.79 Å². The number of hydrogen-bond donors (Lipinski definition) is 1. The zero-order chi connectivity index (χ0) is 19.8. The van der Waals surface area contributed by atoms with Crippen molar-refractivity contribution in [3.05, 3.63) is 47.0 Å². The fraction of sp³-hybridized carbons (Fsp3) is 0.158. The highest BCUT2D eigenvalue weighted by atomic mass is 32.2. The van der Waals surface area contributed by atoms with E-state index in [1.54, 1.807) is 12.3 Å². The Bertz CT molecular complexity index is 1020. The van der Waals surface area contributed by atoms with E-state index in [4.69, 9.17) is 26.8 Å². The molecule has 1 saturated heterocycles. The lowest BCUT2D eigenvalue weighted by Gasteiger charge is -2.18. The molecule has 28 heavy (non-hydrogen) atoms. The molecule has 0 aliphatic carbocycles. The highest BCUT2D eigenvalue weighted by Crippen LogP contribution is 2.36. The van der Waals surface area contributed by atoms with Crippen LogP contribution in [0.15, 0.2) is 41.4 Å². The van der Waals surface area contributed by atoms with Crippen LogP contribution < -0.4 is 9.47 Å². The smallest absolute Gasteiger partial charge is 0.326 e. The number of aromatic nitrogens is 1. The number of thiocarbonyl (C=S) groups is 1. The number of benzene rings is 1. The van der Waals surface area contributed by atoms with E-state index in [0.29, 0.717) is 22.0 Å². The summed E-state index contributed by atoms with van der Waals surface area (Å²) in [6.45, 7) is 1.64. The number of fused-ring (bicyclic) bond motifs is 1. The molecule has 1 atom stereocenters. The van der Waals surface area contributed by atoms with Gasteiger partial charge in [0.15, 0.2) is 11.5 Å². The Labute approximate surface area is 170 Å². The molecule has 2 aromatic rings. The van der Waals surface area contributed by atoms with Crippen molar-refractivity contribution in [2.24, 2.45) is 0 Å². The van der Waals surface area contributed by atoms with Crippen molar-refractivity contribution in [2.45, 2.75) is 13.0 Å². The molecule has 0 saturated carbocycles. The Morgan fingerprint density at radius 1 is 1.32 bits per heavy atom. The van der Waals surface area contributed by atoms with Crippen LogP contribution >= 0.6 is 24.0 Å². The molecule has 3 heterocycles. The van der Waals surface area contributed by atoms with Gasteiger partial charge in [0.1, 0.15) is 10.4 Å². The molecule has 0 spiro atoms. The fourth-order valence-corrected chi connectivity index (χ4v) is 4.21. The highest BCUT2D eigenvalue weighted by molar-refractivity contribution is 8.26. The third-order valence-electron chi connectivity index (χ3n) is 4.32. The molecule has 0 unspecified atom stereocenters. The summed E-state index contributed by atoms with van der Waals surface area (Å²) in [6, 6.07) is 8.26. The summed E-state index contributed by atoms with van der Waals surface area (Å²) in [5.41, 5.74) is 2.35. The minimum atomic E-state index is -1.10. The van der Waals surface area contributed by atoms with Gasteiger partial charge in [-0.3, -0.25) is 14.7 Å². The van der Waals surface area contributed by atoms with E-state index in [0.717, 1.165) is 27.9 Å². The van der Waals surface area contributed by atoms with Crippen molar-refractivity contribution in [1.29, 1.82) is 0 Å². The molecule has 7 nitrogen and oxygen atoms in total. The van der Waals surface area contributed by atoms with Gasteiger partial charge in [-0.05, 0) is 42.8 Å². The lowest BCUT2D eigenvalue weighted by molar-refractivity contribution is -0.144. The van der Waals surface area contributed by atoms with Crippen molar-refractivity contribution in [3.63, 3.8) is 0 Å². The number of rotatable bonds is 4. The van der Waals surface area contributed by atoms with Crippen LogP contribution in [0, 0.1) is 0 Å². The number of amides is 1. The summed E-state index contributed by atoms with van der Waals surface area (Å²) in [7, 11) is 0. The third-order valence-corrected chi connectivity index (χ3v) is 5.65. The van der Waals surface area contributed by atoms with Crippen LogP contribution in [0.25, 0.3) is 17.3 Å². The average Bonchev–Trinajstić information content (AvgIpc) is 3.25. The number of aliphatic carboxylic acids is 1. The molecule has 1 aromatic heterocycles. The quantitative estimate of drug-likeness (QED) is 0.603. The topological polar surface area (TPSA) is 89.0 Å². The van der Waals surface area contributed by atoms with Gasteiger partial charge >= 0.3 is 5.97 Å². The lowest BCUT2D eigenvalue weighted by atomic mass is 10.1. The van der Waals surface area contributed by atoms with Crippen LogP contribution in [0.4, 0.5) is 0 Å². The monoisotopic (exact) mass is 414 g/mol. The van der Waals surface area contributed by atoms with Crippen molar-refractivity contribution in [2.75, 3.05) is 6.79 Å². The van der Waals surface area contributed by atoms with E-state index >= 15 is 0 Å². The second-order valence-electron chi connectivity index (χ2n) is 6.11. The van der Waals surface area contributed by atoms with E-state index in [1.165, 1.54) is 6.92 Å². The Morgan fingerprint density at radius 2 is 2.11 bits per heavy atom. The van der Waals surface area contributed by atoms with Crippen molar-refractivity contribution < 1.29 is 24.2 Å². The fourth-order valence-electron chi connectivity index (χ4n) is 2.79. The minimum Gasteiger partial charge on any atom is -0.480 e. The molecule has 1 amide bonds. The number of hydrogen-bond acceptors (Lipinski definition) is 7. The Kier molecular flexibility index (Phi) is 4.78. The second kappa shape index (κ2) is 7.25. The van der Waals surface area contributed by atoms with Gasteiger partial charge in [-0.1, -0.05) is 30.0 Å². The number of carboxylic acids is 1. The van der Waals surface area contributed by atoms with Gasteiger partial charge in [-0.15, -0.1) is 0 Å². The number of carbonyl (C=O) groups is 2. The largest absolute Gasteiger partial charge is 0.480 e. The summed E-state index contributed by atoms with van der Waals surface area (Å²) in [6.07, 6.45) is 3.30. The number of pyridine rings is 1. The highest BCUT2D eigenvalue weighted by Gasteiger charge is 2.38. The predicted molar refractivity (Wildman–Crippen MR) is 108 cm³/mol. The van der Waals surface area contributed by atoms with Gasteiger partial charge in [-0.2, -0.15) is 0 Å². The third kappa shape index (κ3) is 3.34. The van der Waals surface area contributed by atoms with Crippen LogP contribution in [0.2, 0.25) is 0 Å².